The summed E-state index contributed by atoms with van der Waals surface area (Å²) in [5, 5.41) is 10.4. The minimum atomic E-state index is -0.590. The second-order valence-corrected chi connectivity index (χ2v) is 10.1. The largest absolute Gasteiger partial charge is 0.466 e. The van der Waals surface area contributed by atoms with E-state index in [4.69, 9.17) is 4.74 Å². The highest BCUT2D eigenvalue weighted by Crippen LogP contribution is 2.51. The van der Waals surface area contributed by atoms with Crippen LogP contribution in [0.25, 0.3) is 5.95 Å². The monoisotopic (exact) mass is 508 g/mol. The van der Waals surface area contributed by atoms with Crippen molar-refractivity contribution in [1.82, 2.24) is 25.1 Å². The smallest absolute Gasteiger partial charge is 0.307 e. The van der Waals surface area contributed by atoms with Crippen molar-refractivity contribution < 1.29 is 18.7 Å². The number of halogens is 1. The lowest BCUT2D eigenvalue weighted by molar-refractivity contribution is -0.142. The van der Waals surface area contributed by atoms with Crippen LogP contribution in [0.5, 0.6) is 0 Å². The number of amides is 1. The quantitative estimate of drug-likeness (QED) is 0.369. The molecule has 1 fully saturated rings. The number of alkyl halides is 1. The van der Waals surface area contributed by atoms with Crippen molar-refractivity contribution in [2.45, 2.75) is 52.8 Å². The number of hydrogen-bond donors (Lipinski definition) is 2. The van der Waals surface area contributed by atoms with Gasteiger partial charge in [0, 0.05) is 23.9 Å². The predicted octanol–water partition coefficient (Wildman–Crippen LogP) is 4.40. The molecule has 0 saturated heterocycles. The third-order valence-corrected chi connectivity index (χ3v) is 6.51. The molecule has 1 unspecified atom stereocenters. The Kier molecular flexibility index (Phi) is 8.15. The molecule has 37 heavy (non-hydrogen) atoms. The first-order chi connectivity index (χ1) is 17.8. The van der Waals surface area contributed by atoms with Gasteiger partial charge in [-0.15, -0.1) is 0 Å². The first-order valence-corrected chi connectivity index (χ1v) is 12.5. The van der Waals surface area contributed by atoms with E-state index in [-0.39, 0.29) is 36.3 Å². The van der Waals surface area contributed by atoms with E-state index in [9.17, 15) is 14.0 Å². The van der Waals surface area contributed by atoms with Gasteiger partial charge in [-0.05, 0) is 48.8 Å². The van der Waals surface area contributed by atoms with E-state index in [2.05, 4.69) is 39.5 Å². The topological polar surface area (TPSA) is 111 Å². The molecule has 1 aliphatic carbocycles. The number of benzene rings is 1. The zero-order valence-electron chi connectivity index (χ0n) is 21.4. The Morgan fingerprint density at radius 2 is 1.86 bits per heavy atom. The fourth-order valence-corrected chi connectivity index (χ4v) is 4.76. The van der Waals surface area contributed by atoms with E-state index in [0.29, 0.717) is 29.6 Å². The fraction of sp³-hybridized carbons (Fsp3) is 0.444. The first-order valence-electron chi connectivity index (χ1n) is 12.5. The maximum Gasteiger partial charge on any atom is 0.307 e. The summed E-state index contributed by atoms with van der Waals surface area (Å²) >= 11 is 0. The summed E-state index contributed by atoms with van der Waals surface area (Å²) in [7, 11) is 0. The standard InChI is InChI=1S/C27H33FN6O3/c1-4-37-23(35)9-10-29-25(36)20-7-5-19(6-8-20)24(21-11-27(2,3)12-21)33-22-15-30-26(31-16-22)34-17-18(13-28)14-32-34/h5-8,14-17,21,24,33H,4,9-13H2,1-3H3,(H,29,36). The first kappa shape index (κ1) is 26.2. The van der Waals surface area contributed by atoms with Crippen LogP contribution in [0.15, 0.2) is 49.1 Å². The van der Waals surface area contributed by atoms with Gasteiger partial charge in [-0.25, -0.2) is 19.0 Å². The lowest BCUT2D eigenvalue weighted by atomic mass is 9.61. The number of ether oxygens (including phenoxy) is 1. The van der Waals surface area contributed by atoms with Crippen molar-refractivity contribution in [1.29, 1.82) is 0 Å². The lowest BCUT2D eigenvalue weighted by Crippen LogP contribution is -2.38. The molecule has 4 rings (SSSR count). The number of nitrogens with one attached hydrogen (secondary N) is 2. The molecule has 2 aromatic heterocycles. The summed E-state index contributed by atoms with van der Waals surface area (Å²) in [6.07, 6.45) is 8.68. The number of anilines is 1. The van der Waals surface area contributed by atoms with E-state index in [1.165, 1.54) is 10.9 Å². The molecule has 1 saturated carbocycles. The van der Waals surface area contributed by atoms with Crippen LogP contribution in [0.3, 0.4) is 0 Å². The van der Waals surface area contributed by atoms with Gasteiger partial charge in [0.05, 0.1) is 43.3 Å². The van der Waals surface area contributed by atoms with Gasteiger partial charge in [0.25, 0.3) is 11.9 Å². The molecule has 1 aliphatic rings. The third-order valence-electron chi connectivity index (χ3n) is 6.51. The zero-order chi connectivity index (χ0) is 26.4. The molecule has 196 valence electrons. The second kappa shape index (κ2) is 11.5. The van der Waals surface area contributed by atoms with Crippen molar-refractivity contribution in [3.05, 3.63) is 65.7 Å². The second-order valence-electron chi connectivity index (χ2n) is 10.1. The zero-order valence-corrected chi connectivity index (χ0v) is 21.4. The summed E-state index contributed by atoms with van der Waals surface area (Å²) in [4.78, 5) is 32.7. The Bertz CT molecular complexity index is 1200. The number of aromatic nitrogens is 4. The maximum absolute atomic E-state index is 12.8. The van der Waals surface area contributed by atoms with Crippen molar-refractivity contribution >= 4 is 17.6 Å². The molecular weight excluding hydrogens is 475 g/mol. The average Bonchev–Trinajstić information content (AvgIpc) is 3.36. The molecular formula is C27H33FN6O3. The summed E-state index contributed by atoms with van der Waals surface area (Å²) in [6.45, 7) is 6.23. The summed E-state index contributed by atoms with van der Waals surface area (Å²) in [5.74, 6) is 0.215. The highest BCUT2D eigenvalue weighted by atomic mass is 19.1. The Morgan fingerprint density at radius 3 is 2.46 bits per heavy atom. The molecule has 1 aromatic carbocycles. The molecule has 0 aliphatic heterocycles. The van der Waals surface area contributed by atoms with Crippen LogP contribution >= 0.6 is 0 Å². The van der Waals surface area contributed by atoms with E-state index in [1.807, 2.05) is 12.1 Å². The summed E-state index contributed by atoms with van der Waals surface area (Å²) < 4.78 is 19.2. The Balaban J connectivity index is 1.43. The van der Waals surface area contributed by atoms with Crippen LogP contribution in [0.4, 0.5) is 10.1 Å². The summed E-state index contributed by atoms with van der Waals surface area (Å²) in [5.41, 5.74) is 3.11. The molecule has 0 spiro atoms. The van der Waals surface area contributed by atoms with E-state index < -0.39 is 6.67 Å². The Labute approximate surface area is 215 Å². The van der Waals surface area contributed by atoms with Gasteiger partial charge >= 0.3 is 5.97 Å². The van der Waals surface area contributed by atoms with Crippen LogP contribution in [-0.4, -0.2) is 44.8 Å². The molecule has 10 heteroatoms. The van der Waals surface area contributed by atoms with Gasteiger partial charge in [-0.1, -0.05) is 26.0 Å². The highest BCUT2D eigenvalue weighted by Gasteiger charge is 2.41. The molecule has 3 aromatic rings. The van der Waals surface area contributed by atoms with Crippen LogP contribution < -0.4 is 10.6 Å². The van der Waals surface area contributed by atoms with Gasteiger partial charge in [0.15, 0.2) is 0 Å². The van der Waals surface area contributed by atoms with E-state index in [1.54, 1.807) is 37.6 Å². The Hall–Kier alpha value is -3.82. The molecule has 0 radical (unpaired) electrons. The van der Waals surface area contributed by atoms with Crippen LogP contribution in [0.1, 0.15) is 67.6 Å². The van der Waals surface area contributed by atoms with Gasteiger partial charge in [0.2, 0.25) is 0 Å². The molecule has 1 atom stereocenters. The highest BCUT2D eigenvalue weighted by molar-refractivity contribution is 5.94. The Morgan fingerprint density at radius 1 is 1.16 bits per heavy atom. The van der Waals surface area contributed by atoms with E-state index >= 15 is 0 Å². The number of carbonyl (C=O) groups is 2. The van der Waals surface area contributed by atoms with Crippen LogP contribution in [0.2, 0.25) is 0 Å². The minimum Gasteiger partial charge on any atom is -0.466 e. The van der Waals surface area contributed by atoms with Crippen LogP contribution in [0, 0.1) is 11.3 Å². The van der Waals surface area contributed by atoms with Crippen molar-refractivity contribution in [3.63, 3.8) is 0 Å². The van der Waals surface area contributed by atoms with Crippen molar-refractivity contribution in [3.8, 4) is 5.95 Å². The SMILES string of the molecule is CCOC(=O)CCNC(=O)c1ccc(C(Nc2cnc(-n3cc(CF)cn3)nc2)C2CC(C)(C)C2)cc1. The van der Waals surface area contributed by atoms with Crippen LogP contribution in [-0.2, 0) is 16.2 Å². The normalized spacial score (nSPS) is 15.5. The summed E-state index contributed by atoms with van der Waals surface area (Å²) in [6, 6.07) is 7.54. The number of hydrogen-bond acceptors (Lipinski definition) is 7. The van der Waals surface area contributed by atoms with Gasteiger partial charge in [-0.3, -0.25) is 9.59 Å². The van der Waals surface area contributed by atoms with Gasteiger partial charge in [0.1, 0.15) is 6.67 Å². The van der Waals surface area contributed by atoms with E-state index in [0.717, 1.165) is 24.1 Å². The third kappa shape index (κ3) is 6.69. The lowest BCUT2D eigenvalue weighted by Gasteiger charge is -2.47. The molecule has 2 N–H and O–H groups in total. The number of nitrogens with zero attached hydrogens (tertiary/aromatic N) is 4. The maximum atomic E-state index is 12.8. The van der Waals surface area contributed by atoms with Crippen molar-refractivity contribution in [2.24, 2.45) is 11.3 Å². The minimum absolute atomic E-state index is 0.0197. The number of esters is 1. The van der Waals surface area contributed by atoms with Gasteiger partial charge in [-0.2, -0.15) is 5.10 Å². The number of carbonyl (C=O) groups excluding carboxylic acids is 2. The number of rotatable bonds is 11. The van der Waals surface area contributed by atoms with Gasteiger partial charge < -0.3 is 15.4 Å². The molecule has 2 heterocycles. The fourth-order valence-electron chi connectivity index (χ4n) is 4.76. The average molecular weight is 509 g/mol. The van der Waals surface area contributed by atoms with Crippen molar-refractivity contribution in [2.75, 3.05) is 18.5 Å². The molecule has 0 bridgehead atoms. The molecule has 1 amide bonds. The molecule has 9 nitrogen and oxygen atoms in total. The predicted molar refractivity (Wildman–Crippen MR) is 137 cm³/mol.